The van der Waals surface area contributed by atoms with Gasteiger partial charge in [-0.3, -0.25) is 9.59 Å². The first-order valence-electron chi connectivity index (χ1n) is 9.40. The first-order valence-corrected chi connectivity index (χ1v) is 9.40. The first-order chi connectivity index (χ1) is 14.3. The van der Waals surface area contributed by atoms with Gasteiger partial charge in [0.2, 0.25) is 11.7 Å². The van der Waals surface area contributed by atoms with Crippen molar-refractivity contribution in [3.63, 3.8) is 0 Å². The van der Waals surface area contributed by atoms with E-state index >= 15 is 0 Å². The summed E-state index contributed by atoms with van der Waals surface area (Å²) in [6.07, 6.45) is -1.27. The summed E-state index contributed by atoms with van der Waals surface area (Å²) in [7, 11) is 0. The third-order valence-corrected chi connectivity index (χ3v) is 4.91. The average molecular weight is 425 g/mol. The predicted molar refractivity (Wildman–Crippen MR) is 94.1 cm³/mol. The quantitative estimate of drug-likeness (QED) is 0.743. The van der Waals surface area contributed by atoms with Crippen LogP contribution in [0.25, 0.3) is 0 Å². The second-order valence-electron chi connectivity index (χ2n) is 7.00. The van der Waals surface area contributed by atoms with Crippen LogP contribution in [0.2, 0.25) is 0 Å². The number of aryl methyl sites for hydroxylation is 1. The number of fused-ring (bicyclic) bond motifs is 1. The van der Waals surface area contributed by atoms with Crippen LogP contribution in [0, 0.1) is 0 Å². The van der Waals surface area contributed by atoms with Crippen molar-refractivity contribution in [3.05, 3.63) is 41.2 Å². The number of hydrogen-bond acceptors (Lipinski definition) is 7. The van der Waals surface area contributed by atoms with E-state index in [2.05, 4.69) is 9.97 Å². The molecule has 11 heteroatoms. The SMILES string of the molecule is O=C1CCCc2occ(C(=O)N3CCOC(COc4ccnc(C(F)(F)F)n4)C3)c21. The first kappa shape index (κ1) is 20.3. The average Bonchev–Trinajstić information content (AvgIpc) is 3.17. The van der Waals surface area contributed by atoms with Crippen molar-refractivity contribution in [1.82, 2.24) is 14.9 Å². The molecule has 160 valence electrons. The Morgan fingerprint density at radius 3 is 2.97 bits per heavy atom. The zero-order chi connectivity index (χ0) is 21.3. The number of carbonyl (C=O) groups excluding carboxylic acids is 2. The number of amides is 1. The Morgan fingerprint density at radius 1 is 1.33 bits per heavy atom. The molecular weight excluding hydrogens is 407 g/mol. The van der Waals surface area contributed by atoms with Gasteiger partial charge in [-0.05, 0) is 6.42 Å². The second-order valence-corrected chi connectivity index (χ2v) is 7.00. The molecule has 4 rings (SSSR count). The molecule has 8 nitrogen and oxygen atoms in total. The van der Waals surface area contributed by atoms with Gasteiger partial charge in [0.1, 0.15) is 24.7 Å². The Hall–Kier alpha value is -2.95. The van der Waals surface area contributed by atoms with E-state index in [4.69, 9.17) is 13.9 Å². The summed E-state index contributed by atoms with van der Waals surface area (Å²) in [6.45, 7) is 0.602. The fraction of sp³-hybridized carbons (Fsp3) is 0.474. The monoisotopic (exact) mass is 425 g/mol. The lowest BCUT2D eigenvalue weighted by Gasteiger charge is -2.32. The number of furan rings is 1. The molecule has 2 aromatic heterocycles. The summed E-state index contributed by atoms with van der Waals surface area (Å²) in [5, 5.41) is 0. The summed E-state index contributed by atoms with van der Waals surface area (Å²) in [4.78, 5) is 33.2. The lowest BCUT2D eigenvalue weighted by atomic mass is 9.93. The highest BCUT2D eigenvalue weighted by molar-refractivity contribution is 6.09. The van der Waals surface area contributed by atoms with Gasteiger partial charge in [0.15, 0.2) is 5.78 Å². The summed E-state index contributed by atoms with van der Waals surface area (Å²) in [6, 6.07) is 1.21. The molecule has 0 N–H and O–H groups in total. The maximum atomic E-state index is 12.9. The Balaban J connectivity index is 1.40. The second kappa shape index (κ2) is 8.05. The Labute approximate surface area is 169 Å². The number of hydrogen-bond donors (Lipinski definition) is 0. The number of ketones is 1. The number of Topliss-reactive ketones (excluding diaryl/α,β-unsaturated/α-hetero) is 1. The van der Waals surface area contributed by atoms with Crippen molar-refractivity contribution in [3.8, 4) is 5.88 Å². The van der Waals surface area contributed by atoms with Gasteiger partial charge in [-0.15, -0.1) is 0 Å². The minimum absolute atomic E-state index is 0.0967. The molecule has 3 heterocycles. The zero-order valence-corrected chi connectivity index (χ0v) is 15.8. The van der Waals surface area contributed by atoms with Gasteiger partial charge in [-0.25, -0.2) is 4.98 Å². The molecule has 2 aliphatic rings. The lowest BCUT2D eigenvalue weighted by molar-refractivity contribution is -0.145. The highest BCUT2D eigenvalue weighted by Crippen LogP contribution is 2.28. The highest BCUT2D eigenvalue weighted by Gasteiger charge is 2.35. The van der Waals surface area contributed by atoms with E-state index in [9.17, 15) is 22.8 Å². The number of aromatic nitrogens is 2. The van der Waals surface area contributed by atoms with Crippen LogP contribution in [-0.2, 0) is 17.3 Å². The fourth-order valence-electron chi connectivity index (χ4n) is 3.49. The third-order valence-electron chi connectivity index (χ3n) is 4.91. The molecule has 1 unspecified atom stereocenters. The molecule has 1 saturated heterocycles. The van der Waals surface area contributed by atoms with Crippen LogP contribution < -0.4 is 4.74 Å². The van der Waals surface area contributed by atoms with Gasteiger partial charge in [-0.2, -0.15) is 18.2 Å². The lowest BCUT2D eigenvalue weighted by Crippen LogP contribution is -2.47. The minimum atomic E-state index is -4.68. The van der Waals surface area contributed by atoms with E-state index in [0.29, 0.717) is 37.1 Å². The maximum absolute atomic E-state index is 12.9. The molecule has 0 spiro atoms. The van der Waals surface area contributed by atoms with Crippen molar-refractivity contribution in [2.45, 2.75) is 31.5 Å². The van der Waals surface area contributed by atoms with Crippen molar-refractivity contribution in [1.29, 1.82) is 0 Å². The van der Waals surface area contributed by atoms with Crippen molar-refractivity contribution >= 4 is 11.7 Å². The molecule has 2 aromatic rings. The molecular formula is C19H18F3N3O5. The summed E-state index contributed by atoms with van der Waals surface area (Å²) in [5.74, 6) is -1.45. The number of morpholine rings is 1. The van der Waals surface area contributed by atoms with Crippen molar-refractivity contribution < 1.29 is 36.7 Å². The molecule has 0 bridgehead atoms. The van der Waals surface area contributed by atoms with Crippen molar-refractivity contribution in [2.75, 3.05) is 26.3 Å². The van der Waals surface area contributed by atoms with Crippen LogP contribution in [0.4, 0.5) is 13.2 Å². The van der Waals surface area contributed by atoms with Crippen LogP contribution in [0.15, 0.2) is 22.9 Å². The molecule has 0 radical (unpaired) electrons. The Morgan fingerprint density at radius 2 is 2.17 bits per heavy atom. The number of nitrogens with zero attached hydrogens (tertiary/aromatic N) is 3. The van der Waals surface area contributed by atoms with Crippen LogP contribution in [0.5, 0.6) is 5.88 Å². The van der Waals surface area contributed by atoms with Gasteiger partial charge in [0.25, 0.3) is 5.91 Å². The van der Waals surface area contributed by atoms with Gasteiger partial charge in [0.05, 0.1) is 24.3 Å². The van der Waals surface area contributed by atoms with Crippen LogP contribution >= 0.6 is 0 Å². The molecule has 1 fully saturated rings. The van der Waals surface area contributed by atoms with E-state index < -0.39 is 18.1 Å². The van der Waals surface area contributed by atoms with Gasteiger partial charge >= 0.3 is 6.18 Å². The number of halogens is 3. The fourth-order valence-corrected chi connectivity index (χ4v) is 3.49. The number of carbonyl (C=O) groups is 2. The number of ether oxygens (including phenoxy) is 2. The topological polar surface area (TPSA) is 94.8 Å². The minimum Gasteiger partial charge on any atom is -0.475 e. The molecule has 1 atom stereocenters. The molecule has 1 aliphatic carbocycles. The normalized spacial score (nSPS) is 19.5. The van der Waals surface area contributed by atoms with Crippen LogP contribution in [-0.4, -0.2) is 59.0 Å². The smallest absolute Gasteiger partial charge is 0.451 e. The summed E-state index contributed by atoms with van der Waals surface area (Å²) >= 11 is 0. The van der Waals surface area contributed by atoms with Crippen LogP contribution in [0.1, 0.15) is 45.1 Å². The van der Waals surface area contributed by atoms with Gasteiger partial charge < -0.3 is 18.8 Å². The Bertz CT molecular complexity index is 959. The zero-order valence-electron chi connectivity index (χ0n) is 15.8. The summed E-state index contributed by atoms with van der Waals surface area (Å²) in [5.41, 5.74) is 0.591. The molecule has 1 amide bonds. The third kappa shape index (κ3) is 4.16. The maximum Gasteiger partial charge on any atom is 0.451 e. The number of alkyl halides is 3. The molecule has 0 aromatic carbocycles. The highest BCUT2D eigenvalue weighted by atomic mass is 19.4. The van der Waals surface area contributed by atoms with E-state index in [1.165, 1.54) is 17.2 Å². The molecule has 1 aliphatic heterocycles. The van der Waals surface area contributed by atoms with Gasteiger partial charge in [-0.1, -0.05) is 0 Å². The van der Waals surface area contributed by atoms with E-state index in [1.54, 1.807) is 0 Å². The van der Waals surface area contributed by atoms with Gasteiger partial charge in [0, 0.05) is 31.6 Å². The Kier molecular flexibility index (Phi) is 5.46. The summed E-state index contributed by atoms with van der Waals surface area (Å²) < 4.78 is 54.4. The standard InChI is InChI=1S/C19H18F3N3O5/c20-19(21,22)18-23-5-4-15(24-18)30-9-11-8-25(6-7-28-11)17(27)12-10-29-14-3-1-2-13(26)16(12)14/h4-5,10-11H,1-3,6-9H2. The van der Waals surface area contributed by atoms with E-state index in [-0.39, 0.29) is 42.9 Å². The molecule has 0 saturated carbocycles. The predicted octanol–water partition coefficient (Wildman–Crippen LogP) is 2.53. The number of rotatable bonds is 4. The van der Waals surface area contributed by atoms with E-state index in [1.807, 2.05) is 0 Å². The van der Waals surface area contributed by atoms with Crippen molar-refractivity contribution in [2.24, 2.45) is 0 Å². The molecule has 30 heavy (non-hydrogen) atoms. The largest absolute Gasteiger partial charge is 0.475 e. The van der Waals surface area contributed by atoms with E-state index in [0.717, 1.165) is 6.20 Å². The van der Waals surface area contributed by atoms with Crippen LogP contribution in [0.3, 0.4) is 0 Å².